The number of methoxy groups -OCH3 is 1. The van der Waals surface area contributed by atoms with Crippen LogP contribution in [0, 0.1) is 5.92 Å². The molecule has 5 heteroatoms. The second kappa shape index (κ2) is 8.45. The van der Waals surface area contributed by atoms with Gasteiger partial charge in [0, 0.05) is 39.2 Å². The van der Waals surface area contributed by atoms with Gasteiger partial charge in [-0.05, 0) is 25.9 Å². The normalized spacial score (nSPS) is 19.6. The Bertz CT molecular complexity index is 248. The van der Waals surface area contributed by atoms with E-state index in [2.05, 4.69) is 4.90 Å². The Morgan fingerprint density at radius 3 is 2.78 bits per heavy atom. The Balaban J connectivity index is 2.38. The Labute approximate surface area is 110 Å². The summed E-state index contributed by atoms with van der Waals surface area (Å²) in [4.78, 5) is 16.5. The maximum atomic E-state index is 12.2. The van der Waals surface area contributed by atoms with E-state index in [4.69, 9.17) is 10.5 Å². The van der Waals surface area contributed by atoms with Crippen LogP contribution in [-0.4, -0.2) is 68.7 Å². The Hall–Kier alpha value is -0.650. The van der Waals surface area contributed by atoms with Gasteiger partial charge in [-0.15, -0.1) is 0 Å². The van der Waals surface area contributed by atoms with Crippen LogP contribution in [0.15, 0.2) is 0 Å². The van der Waals surface area contributed by atoms with Crippen LogP contribution in [0.3, 0.4) is 0 Å². The molecule has 1 amide bonds. The highest BCUT2D eigenvalue weighted by Gasteiger charge is 2.22. The van der Waals surface area contributed by atoms with E-state index in [0.717, 1.165) is 52.2 Å². The number of amides is 1. The van der Waals surface area contributed by atoms with Crippen molar-refractivity contribution < 1.29 is 9.53 Å². The lowest BCUT2D eigenvalue weighted by Crippen LogP contribution is -2.39. The van der Waals surface area contributed by atoms with Crippen LogP contribution in [0.25, 0.3) is 0 Å². The topological polar surface area (TPSA) is 58.8 Å². The minimum absolute atomic E-state index is 0.0560. The molecule has 0 aromatic rings. The van der Waals surface area contributed by atoms with Gasteiger partial charge in [-0.2, -0.15) is 0 Å². The van der Waals surface area contributed by atoms with Crippen molar-refractivity contribution >= 4 is 5.91 Å². The number of nitrogens with two attached hydrogens (primary N) is 1. The summed E-state index contributed by atoms with van der Waals surface area (Å²) in [7, 11) is 1.72. The van der Waals surface area contributed by atoms with Crippen molar-refractivity contribution in [2.45, 2.75) is 19.8 Å². The summed E-state index contributed by atoms with van der Waals surface area (Å²) in [6.45, 7) is 7.98. The Kier molecular flexibility index (Phi) is 7.23. The molecule has 106 valence electrons. The first-order chi connectivity index (χ1) is 8.69. The quantitative estimate of drug-likeness (QED) is 0.736. The van der Waals surface area contributed by atoms with Crippen LogP contribution in [0.1, 0.15) is 19.8 Å². The molecule has 0 aromatic carbocycles. The van der Waals surface area contributed by atoms with Crippen LogP contribution in [0.2, 0.25) is 0 Å². The second-order valence-corrected chi connectivity index (χ2v) is 4.99. The summed E-state index contributed by atoms with van der Waals surface area (Å²) in [6, 6.07) is 0. The lowest BCUT2D eigenvalue weighted by molar-refractivity contribution is -0.135. The zero-order valence-electron chi connectivity index (χ0n) is 11.7. The summed E-state index contributed by atoms with van der Waals surface area (Å²) in [6.07, 6.45) is 1.83. The van der Waals surface area contributed by atoms with E-state index in [1.54, 1.807) is 7.11 Å². The average Bonchev–Trinajstić information content (AvgIpc) is 2.61. The molecule has 2 N–H and O–H groups in total. The summed E-state index contributed by atoms with van der Waals surface area (Å²) in [5, 5.41) is 0. The van der Waals surface area contributed by atoms with Crippen molar-refractivity contribution in [3.05, 3.63) is 0 Å². The van der Waals surface area contributed by atoms with Crippen LogP contribution >= 0.6 is 0 Å². The summed E-state index contributed by atoms with van der Waals surface area (Å²) < 4.78 is 5.09. The van der Waals surface area contributed by atoms with Gasteiger partial charge < -0.3 is 15.4 Å². The van der Waals surface area contributed by atoms with Crippen LogP contribution < -0.4 is 5.73 Å². The Morgan fingerprint density at radius 1 is 1.33 bits per heavy atom. The molecule has 0 saturated carbocycles. The fraction of sp³-hybridized carbons (Fsp3) is 0.923. The lowest BCUT2D eigenvalue weighted by atomic mass is 10.1. The van der Waals surface area contributed by atoms with Gasteiger partial charge in [0.15, 0.2) is 0 Å². The molecule has 1 aliphatic rings. The number of nitrogens with zero attached hydrogens (tertiary/aromatic N) is 2. The highest BCUT2D eigenvalue weighted by atomic mass is 16.5. The van der Waals surface area contributed by atoms with Crippen molar-refractivity contribution in [3.63, 3.8) is 0 Å². The van der Waals surface area contributed by atoms with Crippen molar-refractivity contribution in [2.75, 3.05) is 53.0 Å². The van der Waals surface area contributed by atoms with E-state index in [0.29, 0.717) is 6.54 Å². The minimum Gasteiger partial charge on any atom is -0.383 e. The van der Waals surface area contributed by atoms with Gasteiger partial charge in [0.25, 0.3) is 0 Å². The third kappa shape index (κ3) is 4.92. The van der Waals surface area contributed by atoms with E-state index < -0.39 is 0 Å². The fourth-order valence-corrected chi connectivity index (χ4v) is 2.32. The van der Waals surface area contributed by atoms with Crippen LogP contribution in [0.4, 0.5) is 0 Å². The van der Waals surface area contributed by atoms with Gasteiger partial charge in [-0.25, -0.2) is 0 Å². The molecule has 0 bridgehead atoms. The third-order valence-corrected chi connectivity index (χ3v) is 3.53. The molecule has 1 rings (SSSR count). The molecule has 1 aliphatic heterocycles. The molecule has 1 saturated heterocycles. The van der Waals surface area contributed by atoms with Gasteiger partial charge in [0.05, 0.1) is 6.61 Å². The zero-order chi connectivity index (χ0) is 13.4. The van der Waals surface area contributed by atoms with Crippen LogP contribution in [0.5, 0.6) is 0 Å². The first-order valence-electron chi connectivity index (χ1n) is 6.89. The van der Waals surface area contributed by atoms with E-state index in [1.807, 2.05) is 11.8 Å². The maximum absolute atomic E-state index is 12.2. The summed E-state index contributed by atoms with van der Waals surface area (Å²) in [5.41, 5.74) is 5.51. The predicted octanol–water partition coefficient (Wildman–Crippen LogP) is 0.152. The molecule has 1 heterocycles. The number of hydrogen-bond donors (Lipinski definition) is 1. The van der Waals surface area contributed by atoms with Crippen molar-refractivity contribution in [2.24, 2.45) is 11.7 Å². The fourth-order valence-electron chi connectivity index (χ4n) is 2.32. The second-order valence-electron chi connectivity index (χ2n) is 4.99. The molecule has 5 nitrogen and oxygen atoms in total. The first-order valence-corrected chi connectivity index (χ1v) is 6.89. The largest absolute Gasteiger partial charge is 0.383 e. The molecule has 0 radical (unpaired) electrons. The van der Waals surface area contributed by atoms with Crippen molar-refractivity contribution in [1.29, 1.82) is 0 Å². The molecular weight excluding hydrogens is 230 g/mol. The molecule has 0 aromatic heterocycles. The van der Waals surface area contributed by atoms with E-state index in [-0.39, 0.29) is 11.8 Å². The predicted molar refractivity (Wildman–Crippen MR) is 72.3 cm³/mol. The van der Waals surface area contributed by atoms with Crippen LogP contribution in [-0.2, 0) is 9.53 Å². The molecule has 1 fully saturated rings. The smallest absolute Gasteiger partial charge is 0.225 e. The van der Waals surface area contributed by atoms with Gasteiger partial charge in [-0.1, -0.05) is 6.92 Å². The standard InChI is InChI=1S/C13H27N3O2/c1-12(4-5-14)13(17)16-7-3-6-15(8-9-16)10-11-18-2/h12H,3-11,14H2,1-2H3. The number of rotatable bonds is 6. The molecule has 0 aliphatic carbocycles. The maximum Gasteiger partial charge on any atom is 0.225 e. The number of carbonyl (C=O) groups is 1. The minimum atomic E-state index is 0.0560. The molecule has 18 heavy (non-hydrogen) atoms. The van der Waals surface area contributed by atoms with Gasteiger partial charge in [0.1, 0.15) is 0 Å². The lowest BCUT2D eigenvalue weighted by Gasteiger charge is -2.24. The highest BCUT2D eigenvalue weighted by Crippen LogP contribution is 2.10. The number of ether oxygens (including phenoxy) is 1. The monoisotopic (exact) mass is 257 g/mol. The van der Waals surface area contributed by atoms with E-state index >= 15 is 0 Å². The number of carbonyl (C=O) groups excluding carboxylic acids is 1. The number of hydrogen-bond acceptors (Lipinski definition) is 4. The highest BCUT2D eigenvalue weighted by molar-refractivity contribution is 5.78. The average molecular weight is 257 g/mol. The van der Waals surface area contributed by atoms with E-state index in [9.17, 15) is 4.79 Å². The van der Waals surface area contributed by atoms with Crippen molar-refractivity contribution in [3.8, 4) is 0 Å². The summed E-state index contributed by atoms with van der Waals surface area (Å²) >= 11 is 0. The molecule has 1 unspecified atom stereocenters. The molecular formula is C13H27N3O2. The third-order valence-electron chi connectivity index (χ3n) is 3.53. The first kappa shape index (κ1) is 15.4. The summed E-state index contributed by atoms with van der Waals surface area (Å²) in [5.74, 6) is 0.314. The van der Waals surface area contributed by atoms with Crippen molar-refractivity contribution in [1.82, 2.24) is 9.80 Å². The molecule has 0 spiro atoms. The van der Waals surface area contributed by atoms with Gasteiger partial charge in [0.2, 0.25) is 5.91 Å². The van der Waals surface area contributed by atoms with Gasteiger partial charge in [-0.3, -0.25) is 9.69 Å². The Morgan fingerprint density at radius 2 is 2.11 bits per heavy atom. The van der Waals surface area contributed by atoms with Gasteiger partial charge >= 0.3 is 0 Å². The van der Waals surface area contributed by atoms with E-state index in [1.165, 1.54) is 0 Å². The molecule has 1 atom stereocenters. The SMILES string of the molecule is COCCN1CCCN(C(=O)C(C)CCN)CC1. The zero-order valence-corrected chi connectivity index (χ0v) is 11.7.